The van der Waals surface area contributed by atoms with Gasteiger partial charge in [0.15, 0.2) is 0 Å². The molecular weight excluding hydrogens is 340 g/mol. The summed E-state index contributed by atoms with van der Waals surface area (Å²) in [7, 11) is 0. The average molecular weight is 368 g/mol. The monoisotopic (exact) mass is 368 g/mol. The molecule has 27 heavy (non-hydrogen) atoms. The fourth-order valence-corrected chi connectivity index (χ4v) is 2.67. The third-order valence-corrected chi connectivity index (χ3v) is 4.46. The van der Waals surface area contributed by atoms with Crippen molar-refractivity contribution in [3.8, 4) is 0 Å². The van der Waals surface area contributed by atoms with Crippen molar-refractivity contribution in [2.45, 2.75) is 20.4 Å². The van der Waals surface area contributed by atoms with Crippen LogP contribution in [0.1, 0.15) is 40.1 Å². The third kappa shape index (κ3) is 6.20. The third-order valence-electron chi connectivity index (χ3n) is 4.46. The first-order chi connectivity index (χ1) is 13.1. The number of rotatable bonds is 9. The molecule has 2 aromatic rings. The first kappa shape index (κ1) is 20.6. The number of hydrogen-bond donors (Lipinski definition) is 3. The van der Waals surface area contributed by atoms with Gasteiger partial charge >= 0.3 is 0 Å². The quantitative estimate of drug-likeness (QED) is 0.634. The number of carbonyl (C=O) groups is 2. The minimum absolute atomic E-state index is 0.114. The molecule has 0 aliphatic rings. The van der Waals surface area contributed by atoms with Crippen molar-refractivity contribution in [3.05, 3.63) is 65.2 Å². The van der Waals surface area contributed by atoms with Crippen LogP contribution in [0.15, 0.2) is 48.5 Å². The average Bonchev–Trinajstić information content (AvgIpc) is 2.71. The number of nitrogens with one attached hydrogen (secondary N) is 2. The maximum absolute atomic E-state index is 12.3. The number of anilines is 1. The van der Waals surface area contributed by atoms with Crippen molar-refractivity contribution in [2.75, 3.05) is 31.5 Å². The van der Waals surface area contributed by atoms with E-state index in [0.717, 1.165) is 25.2 Å². The van der Waals surface area contributed by atoms with Crippen LogP contribution in [0, 0.1) is 0 Å². The Morgan fingerprint density at radius 1 is 0.889 bits per heavy atom. The summed E-state index contributed by atoms with van der Waals surface area (Å²) < 4.78 is 0. The van der Waals surface area contributed by atoms with Crippen LogP contribution in [0.3, 0.4) is 0 Å². The summed E-state index contributed by atoms with van der Waals surface area (Å²) >= 11 is 0. The summed E-state index contributed by atoms with van der Waals surface area (Å²) in [4.78, 5) is 26.7. The molecule has 0 unspecified atom stereocenters. The van der Waals surface area contributed by atoms with E-state index in [1.807, 2.05) is 12.1 Å². The van der Waals surface area contributed by atoms with Gasteiger partial charge in [0.2, 0.25) is 0 Å². The molecule has 0 bridgehead atoms. The predicted octanol–water partition coefficient (Wildman–Crippen LogP) is 2.47. The number of carbonyl (C=O) groups excluding carboxylic acids is 2. The standard InChI is InChI=1S/C21H28N4O2/c1-3-25(4-2)14-13-23-20(26)17-9-11-19(12-10-17)24-21(27)18-7-5-16(15-22)6-8-18/h5-12H,3-4,13-15,22H2,1-2H3,(H,23,26)(H,24,27). The lowest BCUT2D eigenvalue weighted by atomic mass is 10.1. The van der Waals surface area contributed by atoms with Crippen molar-refractivity contribution in [1.82, 2.24) is 10.2 Å². The molecule has 0 fully saturated rings. The molecule has 2 rings (SSSR count). The smallest absolute Gasteiger partial charge is 0.255 e. The van der Waals surface area contributed by atoms with Crippen molar-refractivity contribution >= 4 is 17.5 Å². The zero-order valence-electron chi connectivity index (χ0n) is 16.0. The minimum Gasteiger partial charge on any atom is -0.351 e. The largest absolute Gasteiger partial charge is 0.351 e. The van der Waals surface area contributed by atoms with Gasteiger partial charge in [-0.05, 0) is 55.1 Å². The Kier molecular flexibility index (Phi) is 7.98. The van der Waals surface area contributed by atoms with E-state index in [0.29, 0.717) is 29.9 Å². The first-order valence-corrected chi connectivity index (χ1v) is 9.28. The van der Waals surface area contributed by atoms with E-state index in [-0.39, 0.29) is 11.8 Å². The Bertz CT molecular complexity index is 738. The molecule has 2 amide bonds. The van der Waals surface area contributed by atoms with E-state index in [1.54, 1.807) is 36.4 Å². The van der Waals surface area contributed by atoms with Crippen molar-refractivity contribution in [1.29, 1.82) is 0 Å². The van der Waals surface area contributed by atoms with Gasteiger partial charge in [0.1, 0.15) is 0 Å². The summed E-state index contributed by atoms with van der Waals surface area (Å²) in [6.45, 7) is 8.02. The number of nitrogens with two attached hydrogens (primary N) is 1. The Labute approximate surface area is 160 Å². The van der Waals surface area contributed by atoms with Gasteiger partial charge in [-0.2, -0.15) is 0 Å². The second-order valence-electron chi connectivity index (χ2n) is 6.22. The minimum atomic E-state index is -0.199. The molecule has 4 N–H and O–H groups in total. The van der Waals surface area contributed by atoms with Crippen LogP contribution >= 0.6 is 0 Å². The molecule has 0 saturated heterocycles. The predicted molar refractivity (Wildman–Crippen MR) is 109 cm³/mol. The van der Waals surface area contributed by atoms with Gasteiger partial charge in [0.25, 0.3) is 11.8 Å². The van der Waals surface area contributed by atoms with E-state index >= 15 is 0 Å². The van der Waals surface area contributed by atoms with Gasteiger partial charge in [0, 0.05) is 36.4 Å². The first-order valence-electron chi connectivity index (χ1n) is 9.28. The molecule has 2 aromatic carbocycles. The molecule has 0 aliphatic heterocycles. The topological polar surface area (TPSA) is 87.5 Å². The maximum Gasteiger partial charge on any atom is 0.255 e. The van der Waals surface area contributed by atoms with Gasteiger partial charge in [0.05, 0.1) is 0 Å². The molecule has 0 heterocycles. The molecule has 144 valence electrons. The Morgan fingerprint density at radius 3 is 2.00 bits per heavy atom. The summed E-state index contributed by atoms with van der Waals surface area (Å²) in [5.74, 6) is -0.313. The van der Waals surface area contributed by atoms with Crippen LogP contribution in [-0.2, 0) is 6.54 Å². The van der Waals surface area contributed by atoms with E-state index in [1.165, 1.54) is 0 Å². The highest BCUT2D eigenvalue weighted by molar-refractivity contribution is 6.04. The number of amides is 2. The van der Waals surface area contributed by atoms with Gasteiger partial charge < -0.3 is 21.3 Å². The van der Waals surface area contributed by atoms with Crippen LogP contribution < -0.4 is 16.4 Å². The zero-order chi connectivity index (χ0) is 19.6. The fourth-order valence-electron chi connectivity index (χ4n) is 2.67. The summed E-state index contributed by atoms with van der Waals surface area (Å²) in [5, 5.41) is 5.74. The number of nitrogens with zero attached hydrogens (tertiary/aromatic N) is 1. The van der Waals surface area contributed by atoms with Gasteiger partial charge in [-0.3, -0.25) is 9.59 Å². The molecule has 0 aliphatic carbocycles. The lowest BCUT2D eigenvalue weighted by molar-refractivity contribution is 0.0948. The van der Waals surface area contributed by atoms with Crippen LogP contribution in [0.5, 0.6) is 0 Å². The van der Waals surface area contributed by atoms with Crippen molar-refractivity contribution in [2.24, 2.45) is 5.73 Å². The van der Waals surface area contributed by atoms with E-state index in [9.17, 15) is 9.59 Å². The molecule has 6 heteroatoms. The number of likely N-dealkylation sites (N-methyl/N-ethyl adjacent to an activating group) is 1. The molecule has 0 saturated carbocycles. The van der Waals surface area contributed by atoms with Crippen LogP contribution in [0.4, 0.5) is 5.69 Å². The number of benzene rings is 2. The maximum atomic E-state index is 12.3. The van der Waals surface area contributed by atoms with E-state index in [2.05, 4.69) is 29.4 Å². The fraction of sp³-hybridized carbons (Fsp3) is 0.333. The molecule has 6 nitrogen and oxygen atoms in total. The Hall–Kier alpha value is -2.70. The van der Waals surface area contributed by atoms with Gasteiger partial charge in [-0.15, -0.1) is 0 Å². The van der Waals surface area contributed by atoms with Crippen molar-refractivity contribution < 1.29 is 9.59 Å². The van der Waals surface area contributed by atoms with E-state index < -0.39 is 0 Å². The Balaban J connectivity index is 1.88. The highest BCUT2D eigenvalue weighted by atomic mass is 16.2. The van der Waals surface area contributed by atoms with Gasteiger partial charge in [-0.1, -0.05) is 26.0 Å². The summed E-state index contributed by atoms with van der Waals surface area (Å²) in [6.07, 6.45) is 0. The molecule has 0 atom stereocenters. The second kappa shape index (κ2) is 10.4. The number of hydrogen-bond acceptors (Lipinski definition) is 4. The Morgan fingerprint density at radius 2 is 1.44 bits per heavy atom. The zero-order valence-corrected chi connectivity index (χ0v) is 16.0. The van der Waals surface area contributed by atoms with Crippen LogP contribution in [-0.4, -0.2) is 42.9 Å². The highest BCUT2D eigenvalue weighted by Crippen LogP contribution is 2.12. The molecule has 0 radical (unpaired) electrons. The lowest BCUT2D eigenvalue weighted by Gasteiger charge is -2.18. The van der Waals surface area contributed by atoms with Crippen molar-refractivity contribution in [3.63, 3.8) is 0 Å². The summed E-state index contributed by atoms with van der Waals surface area (Å²) in [5.41, 5.74) is 8.31. The normalized spacial score (nSPS) is 10.7. The highest BCUT2D eigenvalue weighted by Gasteiger charge is 2.08. The van der Waals surface area contributed by atoms with E-state index in [4.69, 9.17) is 5.73 Å². The molecule has 0 aromatic heterocycles. The van der Waals surface area contributed by atoms with Crippen LogP contribution in [0.2, 0.25) is 0 Å². The SMILES string of the molecule is CCN(CC)CCNC(=O)c1ccc(NC(=O)c2ccc(CN)cc2)cc1. The lowest BCUT2D eigenvalue weighted by Crippen LogP contribution is -2.34. The molecule has 0 spiro atoms. The molecular formula is C21H28N4O2. The van der Waals surface area contributed by atoms with Gasteiger partial charge in [-0.25, -0.2) is 0 Å². The second-order valence-corrected chi connectivity index (χ2v) is 6.22. The summed E-state index contributed by atoms with van der Waals surface area (Å²) in [6, 6.07) is 14.0. The van der Waals surface area contributed by atoms with Crippen LogP contribution in [0.25, 0.3) is 0 Å².